The third-order valence-corrected chi connectivity index (χ3v) is 4.56. The molecule has 1 N–H and O–H groups in total. The summed E-state index contributed by atoms with van der Waals surface area (Å²) in [4.78, 5) is 30.3. The number of aromatic nitrogens is 1. The Morgan fingerprint density at radius 1 is 1.15 bits per heavy atom. The number of pyridine rings is 1. The number of carbonyl (C=O) groups excluding carboxylic acids is 2. The predicted molar refractivity (Wildman–Crippen MR) is 102 cm³/mol. The van der Waals surface area contributed by atoms with Crippen LogP contribution in [0.4, 0.5) is 0 Å². The lowest BCUT2D eigenvalue weighted by Gasteiger charge is -2.31. The van der Waals surface area contributed by atoms with Crippen LogP contribution in [0.2, 0.25) is 0 Å². The van der Waals surface area contributed by atoms with Crippen molar-refractivity contribution in [2.45, 2.75) is 25.8 Å². The molecule has 1 aliphatic heterocycles. The van der Waals surface area contributed by atoms with Crippen LogP contribution >= 0.6 is 0 Å². The van der Waals surface area contributed by atoms with E-state index in [9.17, 15) is 9.59 Å². The second-order valence-corrected chi connectivity index (χ2v) is 6.56. The average Bonchev–Trinajstić information content (AvgIpc) is 2.68. The number of carbonyl (C=O) groups is 2. The van der Waals surface area contributed by atoms with Crippen molar-refractivity contribution in [3.8, 4) is 0 Å². The fourth-order valence-corrected chi connectivity index (χ4v) is 2.96. The molecule has 134 valence electrons. The number of rotatable bonds is 4. The molecular weight excluding hydrogens is 326 g/mol. The molecule has 0 bridgehead atoms. The molecule has 0 unspecified atom stereocenters. The van der Waals surface area contributed by atoms with Gasteiger partial charge in [0.05, 0.1) is 5.56 Å². The lowest BCUT2D eigenvalue weighted by Crippen LogP contribution is -2.46. The molecule has 1 aromatic carbocycles. The summed E-state index contributed by atoms with van der Waals surface area (Å²) in [6.07, 6.45) is 8.19. The predicted octanol–water partition coefficient (Wildman–Crippen LogP) is 2.82. The van der Waals surface area contributed by atoms with Crippen molar-refractivity contribution in [3.05, 3.63) is 71.6 Å². The van der Waals surface area contributed by atoms with Crippen molar-refractivity contribution in [2.24, 2.45) is 0 Å². The van der Waals surface area contributed by atoms with E-state index in [1.54, 1.807) is 30.6 Å². The Morgan fingerprint density at radius 2 is 1.88 bits per heavy atom. The van der Waals surface area contributed by atoms with Crippen LogP contribution in [0, 0.1) is 6.92 Å². The Labute approximate surface area is 153 Å². The Balaban J connectivity index is 1.48. The summed E-state index contributed by atoms with van der Waals surface area (Å²) in [6, 6.07) is 11.6. The molecule has 3 rings (SSSR count). The van der Waals surface area contributed by atoms with Crippen molar-refractivity contribution in [1.82, 2.24) is 15.2 Å². The zero-order valence-corrected chi connectivity index (χ0v) is 14.9. The summed E-state index contributed by atoms with van der Waals surface area (Å²) >= 11 is 0. The number of nitrogens with one attached hydrogen (secondary N) is 1. The van der Waals surface area contributed by atoms with Crippen molar-refractivity contribution < 1.29 is 9.59 Å². The smallest absolute Gasteiger partial charge is 0.253 e. The van der Waals surface area contributed by atoms with Crippen LogP contribution in [0.1, 0.15) is 34.3 Å². The van der Waals surface area contributed by atoms with E-state index in [4.69, 9.17) is 0 Å². The molecule has 0 radical (unpaired) electrons. The molecule has 2 heterocycles. The summed E-state index contributed by atoms with van der Waals surface area (Å²) in [5, 5.41) is 3.02. The quantitative estimate of drug-likeness (QED) is 0.864. The van der Waals surface area contributed by atoms with Gasteiger partial charge in [0.15, 0.2) is 0 Å². The molecule has 0 spiro atoms. The minimum absolute atomic E-state index is 0.0163. The van der Waals surface area contributed by atoms with Crippen molar-refractivity contribution in [1.29, 1.82) is 0 Å². The van der Waals surface area contributed by atoms with E-state index >= 15 is 0 Å². The molecule has 0 aliphatic carbocycles. The first-order valence-corrected chi connectivity index (χ1v) is 8.86. The number of amides is 2. The number of piperidine rings is 1. The van der Waals surface area contributed by atoms with Gasteiger partial charge in [0.1, 0.15) is 0 Å². The van der Waals surface area contributed by atoms with E-state index in [-0.39, 0.29) is 17.9 Å². The molecule has 1 aromatic heterocycles. The Kier molecular flexibility index (Phi) is 5.79. The van der Waals surface area contributed by atoms with Crippen molar-refractivity contribution >= 4 is 17.9 Å². The number of benzene rings is 1. The highest BCUT2D eigenvalue weighted by Gasteiger charge is 2.23. The second-order valence-electron chi connectivity index (χ2n) is 6.56. The molecule has 26 heavy (non-hydrogen) atoms. The van der Waals surface area contributed by atoms with Crippen LogP contribution in [-0.4, -0.2) is 40.8 Å². The summed E-state index contributed by atoms with van der Waals surface area (Å²) in [5.74, 6) is -0.0928. The standard InChI is InChI=1S/C21H23N3O2/c1-16-4-6-17(7-5-16)8-9-20(25)24-13-10-19(11-14-24)23-21(26)18-3-2-12-22-15-18/h2-9,12,15,19H,10-11,13-14H2,1H3,(H,23,26)/b9-8+. The summed E-state index contributed by atoms with van der Waals surface area (Å²) in [7, 11) is 0. The Morgan fingerprint density at radius 3 is 2.54 bits per heavy atom. The maximum absolute atomic E-state index is 12.3. The highest BCUT2D eigenvalue weighted by atomic mass is 16.2. The molecule has 5 nitrogen and oxygen atoms in total. The number of hydrogen-bond acceptors (Lipinski definition) is 3. The second kappa shape index (κ2) is 8.43. The molecule has 1 aliphatic rings. The average molecular weight is 349 g/mol. The molecule has 5 heteroatoms. The van der Waals surface area contributed by atoms with Crippen LogP contribution in [-0.2, 0) is 4.79 Å². The first-order chi connectivity index (χ1) is 12.6. The van der Waals surface area contributed by atoms with Gasteiger partial charge in [0.2, 0.25) is 5.91 Å². The first-order valence-electron chi connectivity index (χ1n) is 8.86. The van der Waals surface area contributed by atoms with Gasteiger partial charge in [-0.25, -0.2) is 0 Å². The highest BCUT2D eigenvalue weighted by molar-refractivity contribution is 5.94. The van der Waals surface area contributed by atoms with E-state index in [0.29, 0.717) is 18.7 Å². The maximum Gasteiger partial charge on any atom is 0.253 e. The maximum atomic E-state index is 12.3. The van der Waals surface area contributed by atoms with Gasteiger partial charge in [-0.05, 0) is 43.5 Å². The number of nitrogens with zero attached hydrogens (tertiary/aromatic N) is 2. The van der Waals surface area contributed by atoms with Gasteiger partial charge in [0.25, 0.3) is 5.91 Å². The van der Waals surface area contributed by atoms with Crippen LogP contribution in [0.3, 0.4) is 0 Å². The van der Waals surface area contributed by atoms with Gasteiger partial charge in [-0.3, -0.25) is 14.6 Å². The zero-order chi connectivity index (χ0) is 18.4. The monoisotopic (exact) mass is 349 g/mol. The molecule has 2 amide bonds. The lowest BCUT2D eigenvalue weighted by molar-refractivity contribution is -0.126. The van der Waals surface area contributed by atoms with Crippen LogP contribution in [0.5, 0.6) is 0 Å². The van der Waals surface area contributed by atoms with E-state index in [0.717, 1.165) is 18.4 Å². The van der Waals surface area contributed by atoms with E-state index in [1.165, 1.54) is 5.56 Å². The topological polar surface area (TPSA) is 62.3 Å². The molecule has 1 saturated heterocycles. The molecular formula is C21H23N3O2. The molecule has 1 fully saturated rings. The number of hydrogen-bond donors (Lipinski definition) is 1. The first kappa shape index (κ1) is 17.9. The highest BCUT2D eigenvalue weighted by Crippen LogP contribution is 2.13. The van der Waals surface area contributed by atoms with Gasteiger partial charge in [-0.15, -0.1) is 0 Å². The summed E-state index contributed by atoms with van der Waals surface area (Å²) in [5.41, 5.74) is 2.78. The summed E-state index contributed by atoms with van der Waals surface area (Å²) < 4.78 is 0. The van der Waals surface area contributed by atoms with E-state index in [2.05, 4.69) is 10.3 Å². The third kappa shape index (κ3) is 4.79. The largest absolute Gasteiger partial charge is 0.349 e. The SMILES string of the molecule is Cc1ccc(/C=C/C(=O)N2CCC(NC(=O)c3cccnc3)CC2)cc1. The number of likely N-dealkylation sites (tertiary alicyclic amines) is 1. The van der Waals surface area contributed by atoms with Gasteiger partial charge >= 0.3 is 0 Å². The zero-order valence-electron chi connectivity index (χ0n) is 14.9. The van der Waals surface area contributed by atoms with Crippen LogP contribution in [0.15, 0.2) is 54.9 Å². The molecule has 2 aromatic rings. The number of aryl methyl sites for hydroxylation is 1. The van der Waals surface area contributed by atoms with Gasteiger partial charge in [-0.1, -0.05) is 29.8 Å². The van der Waals surface area contributed by atoms with Gasteiger partial charge in [-0.2, -0.15) is 0 Å². The Bertz CT molecular complexity index is 777. The van der Waals surface area contributed by atoms with Crippen LogP contribution < -0.4 is 5.32 Å². The molecule has 0 atom stereocenters. The molecule has 0 saturated carbocycles. The third-order valence-electron chi connectivity index (χ3n) is 4.56. The Hall–Kier alpha value is -2.95. The summed E-state index contributed by atoms with van der Waals surface area (Å²) in [6.45, 7) is 3.33. The van der Waals surface area contributed by atoms with Gasteiger partial charge < -0.3 is 10.2 Å². The van der Waals surface area contributed by atoms with Crippen LogP contribution in [0.25, 0.3) is 6.08 Å². The van der Waals surface area contributed by atoms with Crippen molar-refractivity contribution in [3.63, 3.8) is 0 Å². The fraction of sp³-hybridized carbons (Fsp3) is 0.286. The van der Waals surface area contributed by atoms with E-state index < -0.39 is 0 Å². The van der Waals surface area contributed by atoms with E-state index in [1.807, 2.05) is 42.2 Å². The normalized spacial score (nSPS) is 15.2. The minimum Gasteiger partial charge on any atom is -0.349 e. The van der Waals surface area contributed by atoms with Gasteiger partial charge in [0, 0.05) is 37.6 Å². The fourth-order valence-electron chi connectivity index (χ4n) is 2.96. The lowest BCUT2D eigenvalue weighted by atomic mass is 10.0. The minimum atomic E-state index is -0.109. The van der Waals surface area contributed by atoms with Crippen molar-refractivity contribution in [2.75, 3.05) is 13.1 Å².